The van der Waals surface area contributed by atoms with Gasteiger partial charge in [-0.15, -0.1) is 11.6 Å². The maximum atomic E-state index is 13.6. The number of benzene rings is 1. The molecule has 1 aromatic carbocycles. The lowest BCUT2D eigenvalue weighted by Crippen LogP contribution is -2.35. The number of anilines is 1. The molecule has 2 heterocycles. The minimum Gasteiger partial charge on any atom is -0.370 e. The summed E-state index contributed by atoms with van der Waals surface area (Å²) in [6, 6.07) is 5.81. The van der Waals surface area contributed by atoms with Crippen molar-refractivity contribution in [3.63, 3.8) is 0 Å². The summed E-state index contributed by atoms with van der Waals surface area (Å²) in [4.78, 5) is 4.88. The molecular formula is C15H20ClFN2. The Labute approximate surface area is 119 Å². The van der Waals surface area contributed by atoms with Gasteiger partial charge in [-0.05, 0) is 56.1 Å². The van der Waals surface area contributed by atoms with E-state index in [2.05, 4.69) is 9.80 Å². The Bertz CT molecular complexity index is 446. The molecule has 2 aliphatic rings. The largest absolute Gasteiger partial charge is 0.370 e. The van der Waals surface area contributed by atoms with Gasteiger partial charge in [0.2, 0.25) is 0 Å². The van der Waals surface area contributed by atoms with Crippen LogP contribution in [0.5, 0.6) is 0 Å². The van der Waals surface area contributed by atoms with Crippen LogP contribution in [0.25, 0.3) is 0 Å². The zero-order valence-corrected chi connectivity index (χ0v) is 11.9. The second-order valence-corrected chi connectivity index (χ2v) is 5.85. The van der Waals surface area contributed by atoms with Gasteiger partial charge in [-0.2, -0.15) is 0 Å². The van der Waals surface area contributed by atoms with Crippen LogP contribution in [-0.2, 0) is 5.88 Å². The maximum Gasteiger partial charge on any atom is 0.125 e. The molecule has 2 nitrogen and oxygen atoms in total. The fourth-order valence-electron chi connectivity index (χ4n) is 3.27. The summed E-state index contributed by atoms with van der Waals surface area (Å²) in [7, 11) is 0. The van der Waals surface area contributed by atoms with E-state index >= 15 is 0 Å². The monoisotopic (exact) mass is 282 g/mol. The van der Waals surface area contributed by atoms with Crippen molar-refractivity contribution < 1.29 is 4.39 Å². The van der Waals surface area contributed by atoms with E-state index in [1.54, 1.807) is 6.07 Å². The Balaban J connectivity index is 1.71. The normalized spacial score (nSPS) is 24.3. The van der Waals surface area contributed by atoms with Crippen molar-refractivity contribution in [3.8, 4) is 0 Å². The van der Waals surface area contributed by atoms with E-state index in [1.807, 2.05) is 6.07 Å². The van der Waals surface area contributed by atoms with Crippen LogP contribution >= 0.6 is 11.6 Å². The molecule has 0 aliphatic carbocycles. The third-order valence-corrected chi connectivity index (χ3v) is 4.59. The van der Waals surface area contributed by atoms with Gasteiger partial charge in [0.1, 0.15) is 5.82 Å². The summed E-state index contributed by atoms with van der Waals surface area (Å²) in [5, 5.41) is 0. The number of halogens is 2. The molecule has 0 spiro atoms. The first-order chi connectivity index (χ1) is 9.26. The number of nitrogens with zero attached hydrogens (tertiary/aromatic N) is 2. The molecule has 2 aliphatic heterocycles. The second-order valence-electron chi connectivity index (χ2n) is 5.58. The van der Waals surface area contributed by atoms with Crippen molar-refractivity contribution in [2.45, 2.75) is 31.2 Å². The van der Waals surface area contributed by atoms with Crippen molar-refractivity contribution >= 4 is 17.3 Å². The highest BCUT2D eigenvalue weighted by molar-refractivity contribution is 6.17. The minimum absolute atomic E-state index is 0.183. The third-order valence-electron chi connectivity index (χ3n) is 4.28. The summed E-state index contributed by atoms with van der Waals surface area (Å²) < 4.78 is 13.6. The van der Waals surface area contributed by atoms with E-state index in [1.165, 1.54) is 38.4 Å². The molecular weight excluding hydrogens is 263 g/mol. The second kappa shape index (κ2) is 5.68. The summed E-state index contributed by atoms with van der Waals surface area (Å²) in [5.74, 6) is 0.187. The van der Waals surface area contributed by atoms with Crippen LogP contribution in [0.2, 0.25) is 0 Å². The fraction of sp³-hybridized carbons (Fsp3) is 0.600. The summed E-state index contributed by atoms with van der Waals surface area (Å²) in [6.07, 6.45) is 3.84. The molecule has 1 aromatic rings. The van der Waals surface area contributed by atoms with Gasteiger partial charge in [0, 0.05) is 30.7 Å². The number of hydrogen-bond donors (Lipinski definition) is 0. The molecule has 3 rings (SSSR count). The van der Waals surface area contributed by atoms with Crippen molar-refractivity contribution in [1.29, 1.82) is 0 Å². The van der Waals surface area contributed by atoms with Gasteiger partial charge in [-0.1, -0.05) is 0 Å². The van der Waals surface area contributed by atoms with Crippen LogP contribution in [0.1, 0.15) is 24.8 Å². The van der Waals surface area contributed by atoms with Gasteiger partial charge >= 0.3 is 0 Å². The molecule has 0 aromatic heterocycles. The van der Waals surface area contributed by atoms with E-state index < -0.39 is 0 Å². The molecule has 0 bridgehead atoms. The summed E-state index contributed by atoms with van der Waals surface area (Å²) >= 11 is 5.82. The van der Waals surface area contributed by atoms with E-state index in [4.69, 9.17) is 11.6 Å². The van der Waals surface area contributed by atoms with Crippen LogP contribution in [0.4, 0.5) is 10.1 Å². The van der Waals surface area contributed by atoms with Crippen molar-refractivity contribution in [2.75, 3.05) is 31.1 Å². The Kier molecular flexibility index (Phi) is 3.94. The number of hydrogen-bond acceptors (Lipinski definition) is 2. The summed E-state index contributed by atoms with van der Waals surface area (Å²) in [6.45, 7) is 4.50. The van der Waals surface area contributed by atoms with Crippen LogP contribution in [0.15, 0.2) is 18.2 Å². The van der Waals surface area contributed by atoms with Crippen LogP contribution in [-0.4, -0.2) is 37.1 Å². The van der Waals surface area contributed by atoms with Gasteiger partial charge in [-0.25, -0.2) is 4.39 Å². The molecule has 0 radical (unpaired) electrons. The molecule has 0 amide bonds. The highest BCUT2D eigenvalue weighted by atomic mass is 35.5. The smallest absolute Gasteiger partial charge is 0.125 e. The Morgan fingerprint density at radius 2 is 1.95 bits per heavy atom. The highest BCUT2D eigenvalue weighted by Gasteiger charge is 2.29. The highest BCUT2D eigenvalue weighted by Crippen LogP contribution is 2.27. The van der Waals surface area contributed by atoms with Gasteiger partial charge in [-0.3, -0.25) is 4.90 Å². The van der Waals surface area contributed by atoms with E-state index in [-0.39, 0.29) is 5.82 Å². The predicted molar refractivity (Wildman–Crippen MR) is 77.4 cm³/mol. The quantitative estimate of drug-likeness (QED) is 0.786. The molecule has 4 heteroatoms. The predicted octanol–water partition coefficient (Wildman–Crippen LogP) is 3.24. The van der Waals surface area contributed by atoms with E-state index in [9.17, 15) is 4.39 Å². The molecule has 0 saturated carbocycles. The fourth-order valence-corrected chi connectivity index (χ4v) is 3.43. The van der Waals surface area contributed by atoms with Gasteiger partial charge in [0.15, 0.2) is 0 Å². The average Bonchev–Trinajstić information content (AvgIpc) is 3.08. The zero-order chi connectivity index (χ0) is 13.2. The van der Waals surface area contributed by atoms with Crippen molar-refractivity contribution in [1.82, 2.24) is 4.90 Å². The lowest BCUT2D eigenvalue weighted by molar-refractivity contribution is 0.260. The van der Waals surface area contributed by atoms with Crippen molar-refractivity contribution in [3.05, 3.63) is 29.6 Å². The Hall–Kier alpha value is -0.800. The van der Waals surface area contributed by atoms with Crippen LogP contribution in [0.3, 0.4) is 0 Å². The topological polar surface area (TPSA) is 6.48 Å². The molecule has 0 N–H and O–H groups in total. The van der Waals surface area contributed by atoms with E-state index in [0.717, 1.165) is 24.3 Å². The molecule has 19 heavy (non-hydrogen) atoms. The first kappa shape index (κ1) is 13.2. The SMILES string of the molecule is Fc1cc(CCl)cc(N2CCC(N3CCCC3)C2)c1. The van der Waals surface area contributed by atoms with Gasteiger partial charge < -0.3 is 4.90 Å². The van der Waals surface area contributed by atoms with Crippen LogP contribution in [0, 0.1) is 5.82 Å². The Morgan fingerprint density at radius 3 is 2.68 bits per heavy atom. The standard InChI is InChI=1S/C15H20ClFN2/c16-10-12-7-13(17)9-15(8-12)19-6-3-14(11-19)18-4-1-2-5-18/h7-9,14H,1-6,10-11H2. The molecule has 2 saturated heterocycles. The first-order valence-corrected chi connectivity index (χ1v) is 7.64. The Morgan fingerprint density at radius 1 is 1.16 bits per heavy atom. The molecule has 2 fully saturated rings. The molecule has 104 valence electrons. The van der Waals surface area contributed by atoms with Crippen LogP contribution < -0.4 is 4.90 Å². The summed E-state index contributed by atoms with van der Waals surface area (Å²) in [5.41, 5.74) is 1.85. The maximum absolute atomic E-state index is 13.6. The number of rotatable bonds is 3. The molecule has 1 unspecified atom stereocenters. The van der Waals surface area contributed by atoms with Gasteiger partial charge in [0.25, 0.3) is 0 Å². The molecule has 1 atom stereocenters. The van der Waals surface area contributed by atoms with E-state index in [0.29, 0.717) is 11.9 Å². The zero-order valence-electron chi connectivity index (χ0n) is 11.1. The number of alkyl halides is 1. The minimum atomic E-state index is -0.183. The van der Waals surface area contributed by atoms with Gasteiger partial charge in [0.05, 0.1) is 0 Å². The van der Waals surface area contributed by atoms with Crippen molar-refractivity contribution in [2.24, 2.45) is 0 Å². The lowest BCUT2D eigenvalue weighted by Gasteiger charge is -2.24. The third kappa shape index (κ3) is 2.87. The number of likely N-dealkylation sites (tertiary alicyclic amines) is 1. The first-order valence-electron chi connectivity index (χ1n) is 7.11. The average molecular weight is 283 g/mol. The lowest BCUT2D eigenvalue weighted by atomic mass is 10.2.